The lowest BCUT2D eigenvalue weighted by Gasteiger charge is -2.13. The summed E-state index contributed by atoms with van der Waals surface area (Å²) >= 11 is 3.13. The van der Waals surface area contributed by atoms with Gasteiger partial charge in [0.05, 0.1) is 12.5 Å². The fourth-order valence-electron chi connectivity index (χ4n) is 1.75. The highest BCUT2D eigenvalue weighted by Crippen LogP contribution is 2.25. The van der Waals surface area contributed by atoms with E-state index < -0.39 is 5.97 Å². The van der Waals surface area contributed by atoms with Crippen LogP contribution in [-0.2, 0) is 4.79 Å². The molecule has 2 atom stereocenters. The minimum atomic E-state index is -0.779. The van der Waals surface area contributed by atoms with E-state index in [0.29, 0.717) is 23.9 Å². The Morgan fingerprint density at radius 3 is 2.62 bits per heavy atom. The lowest BCUT2D eigenvalue weighted by Crippen LogP contribution is -2.41. The Bertz CT molecular complexity index is 306. The summed E-state index contributed by atoms with van der Waals surface area (Å²) in [5.74, 6) is -1.10. The van der Waals surface area contributed by atoms with Crippen LogP contribution in [0.4, 0.5) is 4.79 Å². The van der Waals surface area contributed by atoms with E-state index in [0.717, 1.165) is 6.42 Å². The zero-order valence-corrected chi connectivity index (χ0v) is 10.4. The molecule has 3 N–H and O–H groups in total. The number of aliphatic carboxylic acids is 1. The Labute approximate surface area is 102 Å². The first-order valence-corrected chi connectivity index (χ1v) is 5.88. The van der Waals surface area contributed by atoms with Crippen LogP contribution in [0.5, 0.6) is 0 Å². The molecular weight excluding hydrogens is 276 g/mol. The molecule has 0 heterocycles. The second kappa shape index (κ2) is 5.89. The van der Waals surface area contributed by atoms with Gasteiger partial charge in [-0.25, -0.2) is 4.79 Å². The van der Waals surface area contributed by atoms with Crippen molar-refractivity contribution in [1.29, 1.82) is 0 Å². The number of rotatable bonds is 4. The molecule has 1 aliphatic rings. The largest absolute Gasteiger partial charge is 0.481 e. The summed E-state index contributed by atoms with van der Waals surface area (Å²) in [6, 6.07) is -0.318. The summed E-state index contributed by atoms with van der Waals surface area (Å²) in [6.07, 6.45) is 1.86. The number of urea groups is 1. The first-order chi connectivity index (χ1) is 7.49. The number of halogens is 1. The Morgan fingerprint density at radius 1 is 1.44 bits per heavy atom. The molecule has 0 aromatic rings. The van der Waals surface area contributed by atoms with E-state index in [1.54, 1.807) is 0 Å². The molecule has 5 nitrogen and oxygen atoms in total. The minimum absolute atomic E-state index is 0.0373. The quantitative estimate of drug-likeness (QED) is 0.733. The van der Waals surface area contributed by atoms with Gasteiger partial charge in [-0.15, -0.1) is 0 Å². The third kappa shape index (κ3) is 4.22. The van der Waals surface area contributed by atoms with Crippen molar-refractivity contribution in [3.63, 3.8) is 0 Å². The van der Waals surface area contributed by atoms with Crippen LogP contribution in [-0.4, -0.2) is 29.7 Å². The molecule has 0 aromatic carbocycles. The van der Waals surface area contributed by atoms with E-state index in [1.165, 1.54) is 0 Å². The topological polar surface area (TPSA) is 78.4 Å². The number of carboxylic acid groups (broad SMARTS) is 1. The van der Waals surface area contributed by atoms with Crippen molar-refractivity contribution in [1.82, 2.24) is 10.6 Å². The molecule has 0 aliphatic heterocycles. The number of amides is 2. The third-order valence-electron chi connectivity index (χ3n) is 2.56. The lowest BCUT2D eigenvalue weighted by atomic mass is 10.1. The van der Waals surface area contributed by atoms with Crippen LogP contribution in [0.25, 0.3) is 0 Å². The molecule has 2 unspecified atom stereocenters. The van der Waals surface area contributed by atoms with Crippen LogP contribution in [0.3, 0.4) is 0 Å². The number of hydrogen-bond donors (Lipinski definition) is 3. The maximum Gasteiger partial charge on any atom is 0.315 e. The minimum Gasteiger partial charge on any atom is -0.481 e. The van der Waals surface area contributed by atoms with Gasteiger partial charge in [-0.05, 0) is 19.3 Å². The van der Waals surface area contributed by atoms with Gasteiger partial charge in [0.15, 0.2) is 0 Å². The first kappa shape index (κ1) is 13.0. The van der Waals surface area contributed by atoms with Gasteiger partial charge in [-0.2, -0.15) is 0 Å². The second-order valence-corrected chi connectivity index (χ2v) is 5.01. The van der Waals surface area contributed by atoms with Gasteiger partial charge in [0.25, 0.3) is 0 Å². The lowest BCUT2D eigenvalue weighted by molar-refractivity contribution is -0.141. The Morgan fingerprint density at radius 2 is 2.12 bits per heavy atom. The predicted molar refractivity (Wildman–Crippen MR) is 63.4 cm³/mol. The highest BCUT2D eigenvalue weighted by molar-refractivity contribution is 9.11. The smallest absolute Gasteiger partial charge is 0.315 e. The monoisotopic (exact) mass is 290 g/mol. The predicted octanol–water partition coefficient (Wildman–Crippen LogP) is 1.45. The fourth-order valence-corrected chi connectivity index (χ4v) is 1.89. The van der Waals surface area contributed by atoms with Crippen molar-refractivity contribution >= 4 is 27.9 Å². The van der Waals surface area contributed by atoms with Crippen LogP contribution in [0.15, 0.2) is 11.1 Å². The summed E-state index contributed by atoms with van der Waals surface area (Å²) in [5.41, 5.74) is 0. The molecule has 1 saturated carbocycles. The normalized spacial score (nSPS) is 23.8. The summed E-state index contributed by atoms with van der Waals surface area (Å²) in [4.78, 5) is 22.1. The van der Waals surface area contributed by atoms with Crippen molar-refractivity contribution in [3.05, 3.63) is 11.1 Å². The molecule has 90 valence electrons. The molecule has 0 bridgehead atoms. The summed E-state index contributed by atoms with van der Waals surface area (Å²) in [6.45, 7) is 3.95. The number of hydrogen-bond acceptors (Lipinski definition) is 2. The maximum absolute atomic E-state index is 11.3. The molecule has 1 fully saturated rings. The van der Waals surface area contributed by atoms with Gasteiger partial charge in [-0.3, -0.25) is 4.79 Å². The molecule has 0 radical (unpaired) electrons. The second-order valence-electron chi connectivity index (χ2n) is 3.89. The summed E-state index contributed by atoms with van der Waals surface area (Å²) in [7, 11) is 0. The maximum atomic E-state index is 11.3. The van der Waals surface area contributed by atoms with E-state index in [-0.39, 0.29) is 18.0 Å². The Hall–Kier alpha value is -1.04. The van der Waals surface area contributed by atoms with Crippen molar-refractivity contribution in [2.75, 3.05) is 6.54 Å². The van der Waals surface area contributed by atoms with Gasteiger partial charge >= 0.3 is 12.0 Å². The number of carboxylic acids is 1. The number of nitrogens with one attached hydrogen (secondary N) is 2. The van der Waals surface area contributed by atoms with Crippen molar-refractivity contribution in [3.8, 4) is 0 Å². The SMILES string of the molecule is C=C(Br)CNC(=O)NC1CCC(C(=O)O)C1. The summed E-state index contributed by atoms with van der Waals surface area (Å²) in [5, 5.41) is 14.1. The van der Waals surface area contributed by atoms with Crippen LogP contribution in [0.1, 0.15) is 19.3 Å². The van der Waals surface area contributed by atoms with E-state index in [1.807, 2.05) is 0 Å². The van der Waals surface area contributed by atoms with Crippen molar-refractivity contribution in [2.45, 2.75) is 25.3 Å². The van der Waals surface area contributed by atoms with Crippen molar-refractivity contribution < 1.29 is 14.7 Å². The van der Waals surface area contributed by atoms with E-state index in [9.17, 15) is 9.59 Å². The van der Waals surface area contributed by atoms with Gasteiger partial charge in [-0.1, -0.05) is 22.5 Å². The standard InChI is InChI=1S/C10H15BrN2O3/c1-6(11)5-12-10(16)13-8-3-2-7(4-8)9(14)15/h7-8H,1-5H2,(H,14,15)(H2,12,13,16). The Balaban J connectivity index is 2.26. The number of carbonyl (C=O) groups is 2. The molecule has 6 heteroatoms. The van der Waals surface area contributed by atoms with Crippen LogP contribution < -0.4 is 10.6 Å². The molecule has 0 saturated heterocycles. The zero-order chi connectivity index (χ0) is 12.1. The molecule has 2 amide bonds. The van der Waals surface area contributed by atoms with E-state index >= 15 is 0 Å². The van der Waals surface area contributed by atoms with Crippen molar-refractivity contribution in [2.24, 2.45) is 5.92 Å². The first-order valence-electron chi connectivity index (χ1n) is 5.09. The van der Waals surface area contributed by atoms with Crippen LogP contribution in [0, 0.1) is 5.92 Å². The van der Waals surface area contributed by atoms with Gasteiger partial charge < -0.3 is 15.7 Å². The molecule has 1 aliphatic carbocycles. The van der Waals surface area contributed by atoms with E-state index in [4.69, 9.17) is 5.11 Å². The van der Waals surface area contributed by atoms with Gasteiger partial charge in [0, 0.05) is 10.5 Å². The summed E-state index contributed by atoms with van der Waals surface area (Å²) < 4.78 is 0.692. The molecule has 0 aromatic heterocycles. The fraction of sp³-hybridized carbons (Fsp3) is 0.600. The highest BCUT2D eigenvalue weighted by Gasteiger charge is 2.30. The van der Waals surface area contributed by atoms with Crippen LogP contribution in [0.2, 0.25) is 0 Å². The average Bonchev–Trinajstić information content (AvgIpc) is 2.63. The highest BCUT2D eigenvalue weighted by atomic mass is 79.9. The van der Waals surface area contributed by atoms with Gasteiger partial charge in [0.2, 0.25) is 0 Å². The molecule has 16 heavy (non-hydrogen) atoms. The molecule has 1 rings (SSSR count). The zero-order valence-electron chi connectivity index (χ0n) is 8.83. The van der Waals surface area contributed by atoms with Crippen LogP contribution >= 0.6 is 15.9 Å². The van der Waals surface area contributed by atoms with E-state index in [2.05, 4.69) is 33.1 Å². The molecular formula is C10H15BrN2O3. The Kier molecular flexibility index (Phi) is 4.79. The van der Waals surface area contributed by atoms with Gasteiger partial charge in [0.1, 0.15) is 0 Å². The average molecular weight is 291 g/mol. The molecule has 0 spiro atoms. The third-order valence-corrected chi connectivity index (χ3v) is 2.84. The number of carbonyl (C=O) groups excluding carboxylic acids is 1.